The van der Waals surface area contributed by atoms with Gasteiger partial charge in [0, 0.05) is 0 Å². The summed E-state index contributed by atoms with van der Waals surface area (Å²) in [4.78, 5) is 9.88. The highest BCUT2D eigenvalue weighted by molar-refractivity contribution is 5.71. The number of hydrogen-bond acceptors (Lipinski definition) is 2. The second-order valence-corrected chi connectivity index (χ2v) is 1.63. The summed E-state index contributed by atoms with van der Waals surface area (Å²) in [6, 6.07) is 0. The van der Waals surface area contributed by atoms with Gasteiger partial charge >= 0.3 is 0 Å². The van der Waals surface area contributed by atoms with E-state index in [1.807, 2.05) is 7.05 Å². The molecular weight excluding hydrogens is 102 g/mol. The fourth-order valence-corrected chi connectivity index (χ4v) is 0.344. The standard InChI is InChI=1S/C6H11NO/c1-6(5-8)3-4-7-2/h5,7H,1,3-4H2,2H3. The molecule has 0 fully saturated rings. The number of aldehydes is 1. The lowest BCUT2D eigenvalue weighted by Crippen LogP contribution is -2.08. The number of nitrogens with one attached hydrogen (secondary N) is 1. The molecule has 8 heavy (non-hydrogen) atoms. The maximum Gasteiger partial charge on any atom is 0.145 e. The molecule has 0 amide bonds. The van der Waals surface area contributed by atoms with Gasteiger partial charge in [-0.1, -0.05) is 6.58 Å². The van der Waals surface area contributed by atoms with Crippen LogP contribution in [0.15, 0.2) is 12.2 Å². The molecule has 0 spiro atoms. The molecule has 0 unspecified atom stereocenters. The van der Waals surface area contributed by atoms with Crippen LogP contribution in [0.5, 0.6) is 0 Å². The average molecular weight is 113 g/mol. The summed E-state index contributed by atoms with van der Waals surface area (Å²) in [7, 11) is 1.85. The molecule has 0 aromatic rings. The molecule has 0 bridgehead atoms. The van der Waals surface area contributed by atoms with Gasteiger partial charge in [0.05, 0.1) is 0 Å². The Morgan fingerprint density at radius 3 is 2.88 bits per heavy atom. The van der Waals surface area contributed by atoms with Crippen molar-refractivity contribution in [2.45, 2.75) is 6.42 Å². The number of hydrogen-bond donors (Lipinski definition) is 1. The maximum absolute atomic E-state index is 9.88. The van der Waals surface area contributed by atoms with Crippen LogP contribution in [-0.2, 0) is 4.79 Å². The predicted molar refractivity (Wildman–Crippen MR) is 33.7 cm³/mol. The van der Waals surface area contributed by atoms with Crippen LogP contribution in [0.3, 0.4) is 0 Å². The molecule has 0 atom stereocenters. The van der Waals surface area contributed by atoms with Gasteiger partial charge in [-0.2, -0.15) is 0 Å². The first kappa shape index (κ1) is 7.37. The zero-order valence-corrected chi connectivity index (χ0v) is 5.11. The van der Waals surface area contributed by atoms with Gasteiger partial charge in [-0.3, -0.25) is 4.79 Å². The van der Waals surface area contributed by atoms with Crippen LogP contribution < -0.4 is 5.32 Å². The lowest BCUT2D eigenvalue weighted by molar-refractivity contribution is -0.105. The topological polar surface area (TPSA) is 29.1 Å². The second-order valence-electron chi connectivity index (χ2n) is 1.63. The van der Waals surface area contributed by atoms with Gasteiger partial charge in [0.2, 0.25) is 0 Å². The Hall–Kier alpha value is -0.630. The molecule has 1 N–H and O–H groups in total. The van der Waals surface area contributed by atoms with Gasteiger partial charge in [-0.15, -0.1) is 0 Å². The van der Waals surface area contributed by atoms with Gasteiger partial charge < -0.3 is 5.32 Å². The van der Waals surface area contributed by atoms with Crippen LogP contribution in [0, 0.1) is 0 Å². The molecule has 0 rings (SSSR count). The lowest BCUT2D eigenvalue weighted by atomic mass is 10.2. The molecule has 0 aromatic carbocycles. The Bertz CT molecular complexity index is 88.5. The third kappa shape index (κ3) is 3.56. The van der Waals surface area contributed by atoms with E-state index in [1.165, 1.54) is 0 Å². The third-order valence-electron chi connectivity index (χ3n) is 0.863. The molecule has 0 aliphatic rings. The Labute approximate surface area is 49.6 Å². The summed E-state index contributed by atoms with van der Waals surface area (Å²) in [6.45, 7) is 4.33. The summed E-state index contributed by atoms with van der Waals surface area (Å²) in [5.41, 5.74) is 0.652. The fourth-order valence-electron chi connectivity index (χ4n) is 0.344. The first-order chi connectivity index (χ1) is 3.81. The van der Waals surface area contributed by atoms with E-state index in [-0.39, 0.29) is 0 Å². The van der Waals surface area contributed by atoms with Crippen molar-refractivity contribution < 1.29 is 4.79 Å². The van der Waals surface area contributed by atoms with Crippen LogP contribution in [-0.4, -0.2) is 19.9 Å². The minimum Gasteiger partial charge on any atom is -0.319 e. The van der Waals surface area contributed by atoms with Crippen molar-refractivity contribution in [3.8, 4) is 0 Å². The van der Waals surface area contributed by atoms with Crippen molar-refractivity contribution in [2.24, 2.45) is 0 Å². The molecule has 0 radical (unpaired) electrons. The molecule has 0 aromatic heterocycles. The minimum absolute atomic E-state index is 0.652. The van der Waals surface area contributed by atoms with E-state index in [9.17, 15) is 4.79 Å². The van der Waals surface area contributed by atoms with Crippen molar-refractivity contribution in [1.82, 2.24) is 5.32 Å². The Balaban J connectivity index is 3.11. The predicted octanol–water partition coefficient (Wildman–Crippen LogP) is 0.351. The number of carbonyl (C=O) groups excluding carboxylic acids is 1. The highest BCUT2D eigenvalue weighted by Crippen LogP contribution is 1.88. The van der Waals surface area contributed by atoms with E-state index < -0.39 is 0 Å². The second kappa shape index (κ2) is 4.53. The molecule has 0 heterocycles. The average Bonchev–Trinajstić information content (AvgIpc) is 1.83. The normalized spacial score (nSPS) is 8.62. The van der Waals surface area contributed by atoms with Crippen LogP contribution in [0.25, 0.3) is 0 Å². The summed E-state index contributed by atoms with van der Waals surface area (Å²) >= 11 is 0. The van der Waals surface area contributed by atoms with E-state index >= 15 is 0 Å². The third-order valence-corrected chi connectivity index (χ3v) is 0.863. The van der Waals surface area contributed by atoms with E-state index in [4.69, 9.17) is 0 Å². The Kier molecular flexibility index (Phi) is 4.17. The van der Waals surface area contributed by atoms with Gasteiger partial charge in [-0.25, -0.2) is 0 Å². The number of carbonyl (C=O) groups is 1. The summed E-state index contributed by atoms with van der Waals surface area (Å²) < 4.78 is 0. The molecule has 46 valence electrons. The SMILES string of the molecule is C=C(C=O)CCNC. The highest BCUT2D eigenvalue weighted by atomic mass is 16.1. The summed E-state index contributed by atoms with van der Waals surface area (Å²) in [5, 5.41) is 2.91. The Morgan fingerprint density at radius 2 is 2.50 bits per heavy atom. The van der Waals surface area contributed by atoms with E-state index in [0.29, 0.717) is 5.57 Å². The summed E-state index contributed by atoms with van der Waals surface area (Å²) in [6.07, 6.45) is 1.54. The zero-order chi connectivity index (χ0) is 6.41. The lowest BCUT2D eigenvalue weighted by Gasteiger charge is -1.93. The van der Waals surface area contributed by atoms with Crippen LogP contribution in [0.1, 0.15) is 6.42 Å². The van der Waals surface area contributed by atoms with Crippen molar-refractivity contribution in [1.29, 1.82) is 0 Å². The molecule has 0 saturated carbocycles. The summed E-state index contributed by atoms with van der Waals surface area (Å²) in [5.74, 6) is 0. The van der Waals surface area contributed by atoms with Crippen LogP contribution in [0.4, 0.5) is 0 Å². The quantitative estimate of drug-likeness (QED) is 0.421. The van der Waals surface area contributed by atoms with Gasteiger partial charge in [-0.05, 0) is 25.6 Å². The van der Waals surface area contributed by atoms with Crippen molar-refractivity contribution in [3.63, 3.8) is 0 Å². The zero-order valence-electron chi connectivity index (χ0n) is 5.11. The largest absolute Gasteiger partial charge is 0.319 e. The smallest absolute Gasteiger partial charge is 0.145 e. The number of rotatable bonds is 4. The van der Waals surface area contributed by atoms with Crippen molar-refractivity contribution in [2.75, 3.05) is 13.6 Å². The first-order valence-corrected chi connectivity index (χ1v) is 2.59. The molecule has 0 aliphatic heterocycles. The molecule has 2 heteroatoms. The van der Waals surface area contributed by atoms with Crippen LogP contribution >= 0.6 is 0 Å². The first-order valence-electron chi connectivity index (χ1n) is 2.59. The van der Waals surface area contributed by atoms with Crippen molar-refractivity contribution in [3.05, 3.63) is 12.2 Å². The van der Waals surface area contributed by atoms with E-state index in [1.54, 1.807) is 0 Å². The van der Waals surface area contributed by atoms with Gasteiger partial charge in [0.25, 0.3) is 0 Å². The molecule has 0 saturated heterocycles. The maximum atomic E-state index is 9.88. The van der Waals surface area contributed by atoms with Crippen LogP contribution in [0.2, 0.25) is 0 Å². The van der Waals surface area contributed by atoms with Crippen molar-refractivity contribution >= 4 is 6.29 Å². The van der Waals surface area contributed by atoms with E-state index in [2.05, 4.69) is 11.9 Å². The fraction of sp³-hybridized carbons (Fsp3) is 0.500. The van der Waals surface area contributed by atoms with Gasteiger partial charge in [0.1, 0.15) is 6.29 Å². The minimum atomic E-state index is 0.652. The monoisotopic (exact) mass is 113 g/mol. The molecular formula is C6H11NO. The molecule has 2 nitrogen and oxygen atoms in total. The van der Waals surface area contributed by atoms with E-state index in [0.717, 1.165) is 19.3 Å². The Morgan fingerprint density at radius 1 is 1.88 bits per heavy atom. The molecule has 0 aliphatic carbocycles. The highest BCUT2D eigenvalue weighted by Gasteiger charge is 1.86. The van der Waals surface area contributed by atoms with Gasteiger partial charge in [0.15, 0.2) is 0 Å².